The van der Waals surface area contributed by atoms with Crippen molar-refractivity contribution in [1.82, 2.24) is 5.32 Å². The van der Waals surface area contributed by atoms with Crippen molar-refractivity contribution in [3.05, 3.63) is 29.6 Å². The first-order chi connectivity index (χ1) is 9.72. The van der Waals surface area contributed by atoms with E-state index in [1.807, 2.05) is 0 Å². The Bertz CT molecular complexity index is 542. The van der Waals surface area contributed by atoms with E-state index in [4.69, 9.17) is 0 Å². The third-order valence-electron chi connectivity index (χ3n) is 3.68. The maximum absolute atomic E-state index is 13.2. The van der Waals surface area contributed by atoms with E-state index in [-0.39, 0.29) is 24.0 Å². The molecule has 0 saturated carbocycles. The highest BCUT2D eigenvalue weighted by Crippen LogP contribution is 2.34. The zero-order valence-electron chi connectivity index (χ0n) is 11.9. The van der Waals surface area contributed by atoms with E-state index in [2.05, 4.69) is 10.6 Å². The fourth-order valence-corrected chi connectivity index (χ4v) is 2.35. The Hall–Kier alpha value is -1.34. The number of amides is 1. The smallest absolute Gasteiger partial charge is 0.326 e. The molecule has 0 bridgehead atoms. The second kappa shape index (κ2) is 6.83. The van der Waals surface area contributed by atoms with Gasteiger partial charge in [-0.05, 0) is 44.5 Å². The molecule has 0 aromatic heterocycles. The Kier molecular flexibility index (Phi) is 5.81. The lowest BCUT2D eigenvalue weighted by Gasteiger charge is -2.32. The van der Waals surface area contributed by atoms with Crippen molar-refractivity contribution in [3.63, 3.8) is 0 Å². The van der Waals surface area contributed by atoms with Crippen LogP contribution >= 0.6 is 12.4 Å². The predicted octanol–water partition coefficient (Wildman–Crippen LogP) is 3.59. The SMILES string of the molecule is CC1(C(=O)Nc2ccc(F)c(C(F)(F)F)c2)CCCNC1.Cl. The van der Waals surface area contributed by atoms with E-state index >= 15 is 0 Å². The van der Waals surface area contributed by atoms with Gasteiger partial charge in [0.25, 0.3) is 0 Å². The fraction of sp³-hybridized carbons (Fsp3) is 0.500. The molecule has 1 fully saturated rings. The molecule has 1 aromatic carbocycles. The summed E-state index contributed by atoms with van der Waals surface area (Å²) in [6.45, 7) is 3.03. The molecule has 1 heterocycles. The Balaban J connectivity index is 0.00000242. The van der Waals surface area contributed by atoms with Crippen molar-refractivity contribution in [2.24, 2.45) is 5.41 Å². The summed E-state index contributed by atoms with van der Waals surface area (Å²) >= 11 is 0. The highest BCUT2D eigenvalue weighted by molar-refractivity contribution is 5.95. The van der Waals surface area contributed by atoms with Gasteiger partial charge in [0.05, 0.1) is 11.0 Å². The maximum Gasteiger partial charge on any atom is 0.419 e. The van der Waals surface area contributed by atoms with E-state index in [1.165, 1.54) is 0 Å². The standard InChI is InChI=1S/C14H16F4N2O.ClH/c1-13(5-2-6-19-8-13)12(21)20-9-3-4-11(15)10(7-9)14(16,17)18;/h3-4,7,19H,2,5-6,8H2,1H3,(H,20,21);1H. The number of hydrogen-bond acceptors (Lipinski definition) is 2. The lowest BCUT2D eigenvalue weighted by Crippen LogP contribution is -2.46. The first-order valence-electron chi connectivity index (χ1n) is 6.61. The van der Waals surface area contributed by atoms with Gasteiger partial charge in [-0.15, -0.1) is 12.4 Å². The Morgan fingerprint density at radius 1 is 1.36 bits per heavy atom. The van der Waals surface area contributed by atoms with Crippen LogP contribution in [-0.2, 0) is 11.0 Å². The molecule has 0 spiro atoms. The van der Waals surface area contributed by atoms with Gasteiger partial charge in [0, 0.05) is 12.2 Å². The van der Waals surface area contributed by atoms with Crippen molar-refractivity contribution in [2.45, 2.75) is 25.9 Å². The van der Waals surface area contributed by atoms with Crippen LogP contribution in [-0.4, -0.2) is 19.0 Å². The van der Waals surface area contributed by atoms with Crippen LogP contribution in [0.15, 0.2) is 18.2 Å². The predicted molar refractivity (Wildman–Crippen MR) is 77.5 cm³/mol. The molecular weight excluding hydrogens is 324 g/mol. The Morgan fingerprint density at radius 2 is 2.05 bits per heavy atom. The molecule has 1 aromatic rings. The van der Waals surface area contributed by atoms with Gasteiger partial charge >= 0.3 is 6.18 Å². The number of benzene rings is 1. The van der Waals surface area contributed by atoms with Crippen LogP contribution in [0.1, 0.15) is 25.3 Å². The first-order valence-corrected chi connectivity index (χ1v) is 6.61. The van der Waals surface area contributed by atoms with Crippen molar-refractivity contribution in [1.29, 1.82) is 0 Å². The minimum absolute atomic E-state index is 0. The average molecular weight is 341 g/mol. The number of alkyl halides is 3. The molecule has 3 nitrogen and oxygen atoms in total. The molecule has 1 atom stereocenters. The fourth-order valence-electron chi connectivity index (χ4n) is 2.35. The molecule has 1 aliphatic heterocycles. The number of carbonyl (C=O) groups excluding carboxylic acids is 1. The lowest BCUT2D eigenvalue weighted by atomic mass is 9.82. The van der Waals surface area contributed by atoms with Gasteiger partial charge in [0.1, 0.15) is 5.82 Å². The first kappa shape index (κ1) is 18.7. The number of rotatable bonds is 2. The Morgan fingerprint density at radius 3 is 2.59 bits per heavy atom. The highest BCUT2D eigenvalue weighted by Gasteiger charge is 2.36. The van der Waals surface area contributed by atoms with E-state index in [0.717, 1.165) is 19.0 Å². The normalized spacial score (nSPS) is 21.9. The number of halogens is 5. The topological polar surface area (TPSA) is 41.1 Å². The average Bonchev–Trinajstić information content (AvgIpc) is 2.40. The number of anilines is 1. The second-order valence-corrected chi connectivity index (χ2v) is 5.49. The van der Waals surface area contributed by atoms with Crippen LogP contribution in [0.5, 0.6) is 0 Å². The van der Waals surface area contributed by atoms with Crippen molar-refractivity contribution < 1.29 is 22.4 Å². The van der Waals surface area contributed by atoms with E-state index in [9.17, 15) is 22.4 Å². The molecule has 22 heavy (non-hydrogen) atoms. The van der Waals surface area contributed by atoms with Crippen LogP contribution in [0.25, 0.3) is 0 Å². The molecule has 124 valence electrons. The van der Waals surface area contributed by atoms with Crippen LogP contribution in [0.2, 0.25) is 0 Å². The van der Waals surface area contributed by atoms with Gasteiger partial charge in [-0.25, -0.2) is 4.39 Å². The quantitative estimate of drug-likeness (QED) is 0.808. The summed E-state index contributed by atoms with van der Waals surface area (Å²) in [6, 6.07) is 2.45. The molecule has 2 rings (SSSR count). The third kappa shape index (κ3) is 4.10. The van der Waals surface area contributed by atoms with Gasteiger partial charge < -0.3 is 10.6 Å². The van der Waals surface area contributed by atoms with Crippen molar-refractivity contribution >= 4 is 24.0 Å². The molecule has 1 unspecified atom stereocenters. The van der Waals surface area contributed by atoms with Gasteiger partial charge in [0.2, 0.25) is 5.91 Å². The van der Waals surface area contributed by atoms with Crippen molar-refractivity contribution in [3.8, 4) is 0 Å². The molecule has 0 aliphatic carbocycles. The van der Waals surface area contributed by atoms with Gasteiger partial charge in [-0.2, -0.15) is 13.2 Å². The molecule has 0 radical (unpaired) electrons. The maximum atomic E-state index is 13.2. The number of carbonyl (C=O) groups is 1. The van der Waals surface area contributed by atoms with E-state index in [0.29, 0.717) is 25.1 Å². The molecule has 8 heteroatoms. The molecular formula is C14H17ClF4N2O. The van der Waals surface area contributed by atoms with Crippen LogP contribution in [0.3, 0.4) is 0 Å². The summed E-state index contributed by atoms with van der Waals surface area (Å²) in [6.07, 6.45) is -3.32. The van der Waals surface area contributed by atoms with Crippen LogP contribution in [0, 0.1) is 11.2 Å². The number of nitrogens with one attached hydrogen (secondary N) is 2. The van der Waals surface area contributed by atoms with Gasteiger partial charge in [0.15, 0.2) is 0 Å². The van der Waals surface area contributed by atoms with Gasteiger partial charge in [-0.3, -0.25) is 4.79 Å². The minimum Gasteiger partial charge on any atom is -0.326 e. The largest absolute Gasteiger partial charge is 0.419 e. The Labute approximate surface area is 131 Å². The zero-order valence-corrected chi connectivity index (χ0v) is 12.7. The summed E-state index contributed by atoms with van der Waals surface area (Å²) < 4.78 is 51.1. The molecule has 1 saturated heterocycles. The summed E-state index contributed by atoms with van der Waals surface area (Å²) in [5.41, 5.74) is -2.11. The number of piperidine rings is 1. The summed E-state index contributed by atoms with van der Waals surface area (Å²) in [7, 11) is 0. The van der Waals surface area contributed by atoms with Crippen LogP contribution < -0.4 is 10.6 Å². The van der Waals surface area contributed by atoms with E-state index in [1.54, 1.807) is 6.92 Å². The summed E-state index contributed by atoms with van der Waals surface area (Å²) in [4.78, 5) is 12.2. The minimum atomic E-state index is -4.79. The molecule has 1 aliphatic rings. The highest BCUT2D eigenvalue weighted by atomic mass is 35.5. The summed E-state index contributed by atoms with van der Waals surface area (Å²) in [5.74, 6) is -1.72. The summed E-state index contributed by atoms with van der Waals surface area (Å²) in [5, 5.41) is 5.53. The molecule has 1 amide bonds. The van der Waals surface area contributed by atoms with Crippen LogP contribution in [0.4, 0.5) is 23.2 Å². The third-order valence-corrected chi connectivity index (χ3v) is 3.68. The zero-order chi connectivity index (χ0) is 15.7. The van der Waals surface area contributed by atoms with E-state index < -0.39 is 23.0 Å². The molecule has 2 N–H and O–H groups in total. The number of hydrogen-bond donors (Lipinski definition) is 2. The monoisotopic (exact) mass is 340 g/mol. The lowest BCUT2D eigenvalue weighted by molar-refractivity contribution is -0.140. The van der Waals surface area contributed by atoms with Gasteiger partial charge in [-0.1, -0.05) is 0 Å². The second-order valence-electron chi connectivity index (χ2n) is 5.49. The van der Waals surface area contributed by atoms with Crippen molar-refractivity contribution in [2.75, 3.05) is 18.4 Å².